The minimum absolute atomic E-state index is 0.0944. The largest absolute Gasteiger partial charge is 0.507 e. The smallest absolute Gasteiger partial charge is 0.275 e. The molecule has 0 fully saturated rings. The third kappa shape index (κ3) is 2.87. The highest BCUT2D eigenvalue weighted by Crippen LogP contribution is 2.21. The predicted molar refractivity (Wildman–Crippen MR) is 89.2 cm³/mol. The highest BCUT2D eigenvalue weighted by atomic mass is 79.9. The first-order valence-electron chi connectivity index (χ1n) is 6.53. The average molecular weight is 358 g/mol. The fourth-order valence-electron chi connectivity index (χ4n) is 2.11. The summed E-state index contributed by atoms with van der Waals surface area (Å²) < 4.78 is 0.705. The van der Waals surface area contributed by atoms with E-state index in [1.165, 1.54) is 12.1 Å². The number of hydrogen-bond acceptors (Lipinski definition) is 3. The van der Waals surface area contributed by atoms with Gasteiger partial charge in [0, 0.05) is 27.1 Å². The number of aromatic hydroxyl groups is 1. The summed E-state index contributed by atoms with van der Waals surface area (Å²) in [5.41, 5.74) is 4.43. The Balaban J connectivity index is 1.77. The van der Waals surface area contributed by atoms with Crippen molar-refractivity contribution in [3.05, 3.63) is 64.3 Å². The van der Waals surface area contributed by atoms with Crippen LogP contribution < -0.4 is 5.43 Å². The Morgan fingerprint density at radius 1 is 1.27 bits per heavy atom. The van der Waals surface area contributed by atoms with E-state index in [9.17, 15) is 9.90 Å². The van der Waals surface area contributed by atoms with Crippen molar-refractivity contribution in [3.63, 3.8) is 0 Å². The summed E-state index contributed by atoms with van der Waals surface area (Å²) >= 11 is 3.26. The van der Waals surface area contributed by atoms with Crippen LogP contribution in [0.3, 0.4) is 0 Å². The fraction of sp³-hybridized carbons (Fsp3) is 0. The summed E-state index contributed by atoms with van der Waals surface area (Å²) in [7, 11) is 0. The maximum Gasteiger partial charge on any atom is 0.275 e. The number of halogens is 1. The number of fused-ring (bicyclic) bond motifs is 1. The van der Waals surface area contributed by atoms with E-state index in [1.54, 1.807) is 12.3 Å². The van der Waals surface area contributed by atoms with Gasteiger partial charge in [-0.2, -0.15) is 5.10 Å². The van der Waals surface area contributed by atoms with Crippen molar-refractivity contribution in [1.82, 2.24) is 10.4 Å². The van der Waals surface area contributed by atoms with Gasteiger partial charge >= 0.3 is 0 Å². The Kier molecular flexibility index (Phi) is 3.93. The number of amides is 1. The van der Waals surface area contributed by atoms with Crippen LogP contribution in [-0.4, -0.2) is 22.2 Å². The first-order valence-corrected chi connectivity index (χ1v) is 7.32. The summed E-state index contributed by atoms with van der Waals surface area (Å²) in [5, 5.41) is 14.7. The van der Waals surface area contributed by atoms with E-state index in [0.29, 0.717) is 4.47 Å². The molecule has 5 nitrogen and oxygen atoms in total. The van der Waals surface area contributed by atoms with Gasteiger partial charge in [0.25, 0.3) is 5.91 Å². The summed E-state index contributed by atoms with van der Waals surface area (Å²) in [6, 6.07) is 12.4. The minimum atomic E-state index is -0.477. The van der Waals surface area contributed by atoms with Gasteiger partial charge in [-0.1, -0.05) is 34.1 Å². The molecule has 0 radical (unpaired) electrons. The van der Waals surface area contributed by atoms with E-state index in [0.717, 1.165) is 16.5 Å². The monoisotopic (exact) mass is 357 g/mol. The lowest BCUT2D eigenvalue weighted by molar-refractivity contribution is 0.0952. The number of hydrogen-bond donors (Lipinski definition) is 3. The molecule has 0 spiro atoms. The van der Waals surface area contributed by atoms with E-state index in [4.69, 9.17) is 0 Å². The second-order valence-corrected chi connectivity index (χ2v) is 5.57. The molecule has 1 amide bonds. The molecule has 3 aromatic rings. The van der Waals surface area contributed by atoms with Gasteiger partial charge in [-0.05, 0) is 24.3 Å². The fourth-order valence-corrected chi connectivity index (χ4v) is 2.47. The highest BCUT2D eigenvalue weighted by molar-refractivity contribution is 9.10. The predicted octanol–water partition coefficient (Wildman–Crippen LogP) is 3.40. The van der Waals surface area contributed by atoms with Crippen LogP contribution in [0.1, 0.15) is 15.9 Å². The lowest BCUT2D eigenvalue weighted by atomic mass is 10.2. The van der Waals surface area contributed by atoms with Gasteiger partial charge in [-0.3, -0.25) is 4.79 Å². The second kappa shape index (κ2) is 6.03. The number of hydrazone groups is 1. The number of rotatable bonds is 3. The molecule has 110 valence electrons. The third-order valence-corrected chi connectivity index (χ3v) is 3.69. The zero-order chi connectivity index (χ0) is 15.5. The molecule has 2 aromatic carbocycles. The van der Waals surface area contributed by atoms with Gasteiger partial charge in [0.2, 0.25) is 0 Å². The number of nitrogens with one attached hydrogen (secondary N) is 2. The molecule has 0 bridgehead atoms. The summed E-state index contributed by atoms with van der Waals surface area (Å²) in [4.78, 5) is 15.1. The maximum atomic E-state index is 12.0. The number of aromatic nitrogens is 1. The second-order valence-electron chi connectivity index (χ2n) is 4.65. The number of benzene rings is 2. The summed E-state index contributed by atoms with van der Waals surface area (Å²) in [6.45, 7) is 0. The number of para-hydroxylation sites is 1. The number of phenolic OH excluding ortho intramolecular Hbond substituents is 1. The van der Waals surface area contributed by atoms with Crippen molar-refractivity contribution >= 4 is 39.0 Å². The molecule has 0 atom stereocenters. The molecule has 0 aliphatic heterocycles. The number of phenols is 1. The first kappa shape index (κ1) is 14.3. The van der Waals surface area contributed by atoms with Crippen molar-refractivity contribution in [2.24, 2.45) is 5.10 Å². The molecule has 0 saturated carbocycles. The standard InChI is InChI=1S/C16H12BrN3O2/c17-11-5-6-15(21)13(7-11)16(22)20-19-9-10-8-18-14-4-2-1-3-12(10)14/h1-9,18,21H,(H,20,22)/b19-9+. The number of carbonyl (C=O) groups is 1. The molecule has 1 heterocycles. The maximum absolute atomic E-state index is 12.0. The van der Waals surface area contributed by atoms with Crippen LogP contribution >= 0.6 is 15.9 Å². The Morgan fingerprint density at radius 3 is 2.95 bits per heavy atom. The van der Waals surface area contributed by atoms with Crippen molar-refractivity contribution < 1.29 is 9.90 Å². The van der Waals surface area contributed by atoms with Gasteiger partial charge < -0.3 is 10.1 Å². The molecule has 0 unspecified atom stereocenters. The van der Waals surface area contributed by atoms with Crippen molar-refractivity contribution in [1.29, 1.82) is 0 Å². The van der Waals surface area contributed by atoms with Gasteiger partial charge in [0.15, 0.2) is 0 Å². The molecule has 0 saturated heterocycles. The third-order valence-electron chi connectivity index (χ3n) is 3.19. The van der Waals surface area contributed by atoms with Crippen LogP contribution in [-0.2, 0) is 0 Å². The number of aromatic amines is 1. The van der Waals surface area contributed by atoms with Gasteiger partial charge in [-0.15, -0.1) is 0 Å². The van der Waals surface area contributed by atoms with E-state index in [-0.39, 0.29) is 11.3 Å². The quantitative estimate of drug-likeness (QED) is 0.496. The average Bonchev–Trinajstić information content (AvgIpc) is 2.93. The summed E-state index contributed by atoms with van der Waals surface area (Å²) in [6.07, 6.45) is 3.38. The van der Waals surface area contributed by atoms with Gasteiger partial charge in [0.05, 0.1) is 11.8 Å². The van der Waals surface area contributed by atoms with Crippen LogP contribution in [0, 0.1) is 0 Å². The SMILES string of the molecule is O=C(N/N=C/c1c[nH]c2ccccc12)c1cc(Br)ccc1O. The number of nitrogens with zero attached hydrogens (tertiary/aromatic N) is 1. The molecule has 0 aliphatic carbocycles. The zero-order valence-corrected chi connectivity index (χ0v) is 13.0. The van der Waals surface area contributed by atoms with Gasteiger partial charge in [0.1, 0.15) is 5.75 Å². The Bertz CT molecular complexity index is 871. The molecular weight excluding hydrogens is 346 g/mol. The molecule has 6 heteroatoms. The number of H-pyrrole nitrogens is 1. The van der Waals surface area contributed by atoms with E-state index in [1.807, 2.05) is 30.5 Å². The Morgan fingerprint density at radius 2 is 2.09 bits per heavy atom. The lowest BCUT2D eigenvalue weighted by Crippen LogP contribution is -2.17. The van der Waals surface area contributed by atoms with E-state index < -0.39 is 5.91 Å². The Hall–Kier alpha value is -2.60. The first-order chi connectivity index (χ1) is 10.6. The minimum Gasteiger partial charge on any atom is -0.507 e. The van der Waals surface area contributed by atoms with E-state index in [2.05, 4.69) is 31.4 Å². The molecule has 1 aromatic heterocycles. The zero-order valence-electron chi connectivity index (χ0n) is 11.4. The van der Waals surface area contributed by atoms with Crippen LogP contribution in [0.4, 0.5) is 0 Å². The van der Waals surface area contributed by atoms with E-state index >= 15 is 0 Å². The normalized spacial score (nSPS) is 11.1. The number of carbonyl (C=O) groups excluding carboxylic acids is 1. The van der Waals surface area contributed by atoms with Gasteiger partial charge in [-0.25, -0.2) is 5.43 Å². The van der Waals surface area contributed by atoms with Crippen molar-refractivity contribution in [2.45, 2.75) is 0 Å². The van der Waals surface area contributed by atoms with Crippen LogP contribution in [0.15, 0.2) is 58.2 Å². The molecule has 3 N–H and O–H groups in total. The van der Waals surface area contributed by atoms with Crippen LogP contribution in [0.25, 0.3) is 10.9 Å². The van der Waals surface area contributed by atoms with Crippen LogP contribution in [0.2, 0.25) is 0 Å². The van der Waals surface area contributed by atoms with Crippen molar-refractivity contribution in [3.8, 4) is 5.75 Å². The molecular formula is C16H12BrN3O2. The lowest BCUT2D eigenvalue weighted by Gasteiger charge is -2.03. The Labute approximate surface area is 134 Å². The molecule has 3 rings (SSSR count). The molecule has 0 aliphatic rings. The molecule has 22 heavy (non-hydrogen) atoms. The highest BCUT2D eigenvalue weighted by Gasteiger charge is 2.10. The topological polar surface area (TPSA) is 77.5 Å². The van der Waals surface area contributed by atoms with Crippen LogP contribution in [0.5, 0.6) is 5.75 Å². The van der Waals surface area contributed by atoms with Crippen molar-refractivity contribution in [2.75, 3.05) is 0 Å². The summed E-state index contributed by atoms with van der Waals surface area (Å²) in [5.74, 6) is -0.571.